The summed E-state index contributed by atoms with van der Waals surface area (Å²) in [6, 6.07) is 0.0206. The molecule has 0 amide bonds. The Labute approximate surface area is 102 Å². The summed E-state index contributed by atoms with van der Waals surface area (Å²) in [4.78, 5) is 0. The van der Waals surface area contributed by atoms with Gasteiger partial charge in [0.05, 0.1) is 6.61 Å². The van der Waals surface area contributed by atoms with E-state index in [1.807, 2.05) is 6.92 Å². The summed E-state index contributed by atoms with van der Waals surface area (Å²) in [7, 11) is 0. The van der Waals surface area contributed by atoms with Crippen molar-refractivity contribution in [1.29, 1.82) is 0 Å². The lowest BCUT2D eigenvalue weighted by molar-refractivity contribution is -0.175. The van der Waals surface area contributed by atoms with Crippen LogP contribution >= 0.6 is 0 Å². The first kappa shape index (κ1) is 16.7. The Hall–Kier alpha value is -0.290. The van der Waals surface area contributed by atoms with Crippen LogP contribution in [0, 0.1) is 5.92 Å². The SMILES string of the molecule is CCNC(COCC(F)(F)F)CC(CC)CC. The second kappa shape index (κ2) is 8.75. The van der Waals surface area contributed by atoms with Crippen molar-refractivity contribution in [2.75, 3.05) is 19.8 Å². The molecule has 0 heterocycles. The van der Waals surface area contributed by atoms with Gasteiger partial charge >= 0.3 is 6.18 Å². The van der Waals surface area contributed by atoms with Crippen LogP contribution in [0.25, 0.3) is 0 Å². The fraction of sp³-hybridized carbons (Fsp3) is 1.00. The van der Waals surface area contributed by atoms with Gasteiger partial charge in [0, 0.05) is 6.04 Å². The van der Waals surface area contributed by atoms with Crippen LogP contribution in [0.1, 0.15) is 40.0 Å². The molecule has 0 rings (SSSR count). The van der Waals surface area contributed by atoms with Crippen molar-refractivity contribution in [2.24, 2.45) is 5.92 Å². The van der Waals surface area contributed by atoms with Crippen molar-refractivity contribution >= 4 is 0 Å². The largest absolute Gasteiger partial charge is 0.411 e. The normalized spacial score (nSPS) is 14.3. The third kappa shape index (κ3) is 9.41. The molecule has 2 nitrogen and oxygen atoms in total. The minimum Gasteiger partial charge on any atom is -0.370 e. The molecule has 0 radical (unpaired) electrons. The molecule has 0 fully saturated rings. The summed E-state index contributed by atoms with van der Waals surface area (Å²) in [5.41, 5.74) is 0. The van der Waals surface area contributed by atoms with Gasteiger partial charge in [-0.25, -0.2) is 0 Å². The number of alkyl halides is 3. The molecule has 0 aromatic heterocycles. The molecule has 0 saturated carbocycles. The Morgan fingerprint density at radius 3 is 2.12 bits per heavy atom. The average molecular weight is 255 g/mol. The van der Waals surface area contributed by atoms with Gasteiger partial charge in [-0.15, -0.1) is 0 Å². The van der Waals surface area contributed by atoms with Gasteiger partial charge in [0.15, 0.2) is 0 Å². The maximum atomic E-state index is 11.9. The fourth-order valence-corrected chi connectivity index (χ4v) is 1.84. The first-order valence-electron chi connectivity index (χ1n) is 6.30. The van der Waals surface area contributed by atoms with Crippen LogP contribution in [0.5, 0.6) is 0 Å². The van der Waals surface area contributed by atoms with Crippen LogP contribution < -0.4 is 5.32 Å². The number of ether oxygens (including phenoxy) is 1. The summed E-state index contributed by atoms with van der Waals surface area (Å²) in [5.74, 6) is 0.550. The zero-order valence-electron chi connectivity index (χ0n) is 10.9. The van der Waals surface area contributed by atoms with E-state index in [2.05, 4.69) is 19.2 Å². The second-order valence-electron chi connectivity index (χ2n) is 4.30. The Morgan fingerprint density at radius 1 is 1.12 bits per heavy atom. The van der Waals surface area contributed by atoms with E-state index >= 15 is 0 Å². The maximum Gasteiger partial charge on any atom is 0.411 e. The Kier molecular flexibility index (Phi) is 8.60. The van der Waals surface area contributed by atoms with E-state index in [1.165, 1.54) is 0 Å². The van der Waals surface area contributed by atoms with Crippen molar-refractivity contribution in [3.8, 4) is 0 Å². The smallest absolute Gasteiger partial charge is 0.370 e. The molecule has 1 unspecified atom stereocenters. The third-order valence-electron chi connectivity index (χ3n) is 2.85. The monoisotopic (exact) mass is 255 g/mol. The summed E-state index contributed by atoms with van der Waals surface area (Å²) < 4.78 is 40.5. The number of likely N-dealkylation sites (N-methyl/N-ethyl adjacent to an activating group) is 1. The molecule has 17 heavy (non-hydrogen) atoms. The summed E-state index contributed by atoms with van der Waals surface area (Å²) in [5, 5.41) is 3.18. The van der Waals surface area contributed by atoms with Crippen molar-refractivity contribution in [3.63, 3.8) is 0 Å². The van der Waals surface area contributed by atoms with Crippen molar-refractivity contribution in [3.05, 3.63) is 0 Å². The summed E-state index contributed by atoms with van der Waals surface area (Å²) in [6.45, 7) is 5.88. The van der Waals surface area contributed by atoms with Gasteiger partial charge in [0.2, 0.25) is 0 Å². The molecule has 5 heteroatoms. The van der Waals surface area contributed by atoms with Crippen LogP contribution in [-0.2, 0) is 4.74 Å². The van der Waals surface area contributed by atoms with Gasteiger partial charge in [0.25, 0.3) is 0 Å². The minimum atomic E-state index is -4.23. The molecule has 0 saturated heterocycles. The Balaban J connectivity index is 3.97. The molecule has 0 bridgehead atoms. The first-order valence-corrected chi connectivity index (χ1v) is 6.30. The number of nitrogens with one attached hydrogen (secondary N) is 1. The van der Waals surface area contributed by atoms with Gasteiger partial charge in [0.1, 0.15) is 6.61 Å². The maximum absolute atomic E-state index is 11.9. The number of hydrogen-bond donors (Lipinski definition) is 1. The quantitative estimate of drug-likeness (QED) is 0.682. The topological polar surface area (TPSA) is 21.3 Å². The molecular weight excluding hydrogens is 231 g/mol. The van der Waals surface area contributed by atoms with Crippen molar-refractivity contribution in [2.45, 2.75) is 52.3 Å². The number of rotatable bonds is 9. The third-order valence-corrected chi connectivity index (χ3v) is 2.85. The van der Waals surface area contributed by atoms with Gasteiger partial charge in [-0.3, -0.25) is 0 Å². The lowest BCUT2D eigenvalue weighted by Crippen LogP contribution is -2.36. The number of halogens is 3. The van der Waals surface area contributed by atoms with E-state index in [-0.39, 0.29) is 12.6 Å². The minimum absolute atomic E-state index is 0.0206. The van der Waals surface area contributed by atoms with Gasteiger partial charge in [-0.05, 0) is 18.9 Å². The predicted octanol–water partition coefficient (Wildman–Crippen LogP) is 3.37. The van der Waals surface area contributed by atoms with Crippen LogP contribution in [0.15, 0.2) is 0 Å². The second-order valence-corrected chi connectivity index (χ2v) is 4.30. The molecular formula is C12H24F3NO. The molecule has 1 N–H and O–H groups in total. The predicted molar refractivity (Wildman–Crippen MR) is 63.0 cm³/mol. The summed E-state index contributed by atoms with van der Waals surface area (Å²) >= 11 is 0. The Bertz CT molecular complexity index is 181. The molecule has 104 valence electrons. The first-order chi connectivity index (χ1) is 7.92. The highest BCUT2D eigenvalue weighted by molar-refractivity contribution is 4.70. The molecule has 0 spiro atoms. The lowest BCUT2D eigenvalue weighted by atomic mass is 9.95. The van der Waals surface area contributed by atoms with Crippen LogP contribution in [0.2, 0.25) is 0 Å². The van der Waals surface area contributed by atoms with Gasteiger partial charge in [-0.2, -0.15) is 13.2 Å². The molecule has 0 aliphatic rings. The van der Waals surface area contributed by atoms with E-state index in [0.29, 0.717) is 5.92 Å². The molecule has 0 aliphatic heterocycles. The standard InChI is InChI=1S/C12H24F3NO/c1-4-10(5-2)7-11(16-6-3)8-17-9-12(13,14)15/h10-11,16H,4-9H2,1-3H3. The van der Waals surface area contributed by atoms with E-state index in [4.69, 9.17) is 4.74 Å². The Morgan fingerprint density at radius 2 is 1.71 bits per heavy atom. The van der Waals surface area contributed by atoms with Crippen LogP contribution in [0.4, 0.5) is 13.2 Å². The average Bonchev–Trinajstić information content (AvgIpc) is 2.24. The van der Waals surface area contributed by atoms with E-state index in [0.717, 1.165) is 25.8 Å². The zero-order valence-corrected chi connectivity index (χ0v) is 10.9. The van der Waals surface area contributed by atoms with Crippen LogP contribution in [-0.4, -0.2) is 32.0 Å². The van der Waals surface area contributed by atoms with E-state index in [9.17, 15) is 13.2 Å². The van der Waals surface area contributed by atoms with Crippen LogP contribution in [0.3, 0.4) is 0 Å². The highest BCUT2D eigenvalue weighted by Crippen LogP contribution is 2.17. The van der Waals surface area contributed by atoms with Crippen molar-refractivity contribution in [1.82, 2.24) is 5.32 Å². The summed E-state index contributed by atoms with van der Waals surface area (Å²) in [6.07, 6.45) is -1.25. The van der Waals surface area contributed by atoms with Gasteiger partial charge in [-0.1, -0.05) is 33.6 Å². The van der Waals surface area contributed by atoms with Gasteiger partial charge < -0.3 is 10.1 Å². The number of hydrogen-bond acceptors (Lipinski definition) is 2. The highest BCUT2D eigenvalue weighted by atomic mass is 19.4. The fourth-order valence-electron chi connectivity index (χ4n) is 1.84. The molecule has 0 aliphatic carbocycles. The lowest BCUT2D eigenvalue weighted by Gasteiger charge is -2.23. The molecule has 1 atom stereocenters. The highest BCUT2D eigenvalue weighted by Gasteiger charge is 2.28. The van der Waals surface area contributed by atoms with E-state index in [1.54, 1.807) is 0 Å². The molecule has 0 aromatic rings. The van der Waals surface area contributed by atoms with E-state index < -0.39 is 12.8 Å². The molecule has 0 aromatic carbocycles. The zero-order chi connectivity index (χ0) is 13.3. The van der Waals surface area contributed by atoms with Crippen molar-refractivity contribution < 1.29 is 17.9 Å².